The summed E-state index contributed by atoms with van der Waals surface area (Å²) in [7, 11) is 1.61. The van der Waals surface area contributed by atoms with E-state index in [2.05, 4.69) is 15.1 Å². The average Bonchev–Trinajstić information content (AvgIpc) is 3.38. The SMILES string of the molecule is COc1ccc(-c2noc(C3CN(C(=O)COc4cccc5cccnc45)CCO3)n2)cc1. The van der Waals surface area contributed by atoms with Crippen LogP contribution in [0.5, 0.6) is 11.5 Å². The van der Waals surface area contributed by atoms with Crippen molar-refractivity contribution >= 4 is 16.8 Å². The Morgan fingerprint density at radius 1 is 1.15 bits per heavy atom. The van der Waals surface area contributed by atoms with Crippen molar-refractivity contribution in [3.63, 3.8) is 0 Å². The fourth-order valence-corrected chi connectivity index (χ4v) is 3.67. The van der Waals surface area contributed by atoms with E-state index in [1.54, 1.807) is 18.2 Å². The van der Waals surface area contributed by atoms with Gasteiger partial charge >= 0.3 is 0 Å². The van der Waals surface area contributed by atoms with E-state index in [1.165, 1.54) is 0 Å². The third kappa shape index (κ3) is 4.49. The second-order valence-corrected chi connectivity index (χ2v) is 7.50. The Kier molecular flexibility index (Phi) is 5.86. The lowest BCUT2D eigenvalue weighted by atomic mass is 10.2. The molecular weight excluding hydrogens is 424 g/mol. The number of fused-ring (bicyclic) bond motifs is 1. The van der Waals surface area contributed by atoms with Gasteiger partial charge in [-0.15, -0.1) is 0 Å². The van der Waals surface area contributed by atoms with Crippen LogP contribution < -0.4 is 9.47 Å². The number of benzene rings is 2. The van der Waals surface area contributed by atoms with E-state index in [0.717, 1.165) is 22.2 Å². The number of rotatable bonds is 6. The summed E-state index contributed by atoms with van der Waals surface area (Å²) < 4.78 is 22.2. The zero-order valence-corrected chi connectivity index (χ0v) is 18.0. The van der Waals surface area contributed by atoms with E-state index in [1.807, 2.05) is 54.6 Å². The molecule has 9 nitrogen and oxygen atoms in total. The van der Waals surface area contributed by atoms with Crippen molar-refractivity contribution in [2.45, 2.75) is 6.10 Å². The molecule has 1 fully saturated rings. The van der Waals surface area contributed by atoms with Crippen molar-refractivity contribution in [3.8, 4) is 22.9 Å². The highest BCUT2D eigenvalue weighted by molar-refractivity contribution is 5.85. The molecule has 1 unspecified atom stereocenters. The van der Waals surface area contributed by atoms with E-state index in [0.29, 0.717) is 37.2 Å². The van der Waals surface area contributed by atoms with Gasteiger partial charge in [0.05, 0.1) is 20.3 Å². The molecule has 0 N–H and O–H groups in total. The first-order chi connectivity index (χ1) is 16.2. The number of hydrogen-bond donors (Lipinski definition) is 0. The second-order valence-electron chi connectivity index (χ2n) is 7.50. The molecule has 1 aliphatic heterocycles. The number of amides is 1. The Morgan fingerprint density at radius 2 is 2.00 bits per heavy atom. The van der Waals surface area contributed by atoms with Crippen LogP contribution in [0, 0.1) is 0 Å². The highest BCUT2D eigenvalue weighted by atomic mass is 16.5. The van der Waals surface area contributed by atoms with Gasteiger partial charge in [-0.3, -0.25) is 9.78 Å². The normalized spacial score (nSPS) is 16.0. The van der Waals surface area contributed by atoms with E-state index in [9.17, 15) is 4.79 Å². The first kappa shape index (κ1) is 20.9. The maximum Gasteiger partial charge on any atom is 0.260 e. The third-order valence-corrected chi connectivity index (χ3v) is 5.43. The molecule has 1 aliphatic rings. The fraction of sp³-hybridized carbons (Fsp3) is 0.250. The summed E-state index contributed by atoms with van der Waals surface area (Å²) >= 11 is 0. The van der Waals surface area contributed by atoms with Crippen molar-refractivity contribution < 1.29 is 23.5 Å². The number of para-hydroxylation sites is 1. The van der Waals surface area contributed by atoms with Crippen molar-refractivity contribution in [1.29, 1.82) is 0 Å². The molecular formula is C24H22N4O5. The number of ether oxygens (including phenoxy) is 3. The minimum Gasteiger partial charge on any atom is -0.497 e. The Balaban J connectivity index is 1.23. The lowest BCUT2D eigenvalue weighted by Gasteiger charge is -2.31. The molecule has 9 heteroatoms. The van der Waals surface area contributed by atoms with Gasteiger partial charge < -0.3 is 23.6 Å². The van der Waals surface area contributed by atoms with Crippen LogP contribution in [0.3, 0.4) is 0 Å². The quantitative estimate of drug-likeness (QED) is 0.445. The molecule has 33 heavy (non-hydrogen) atoms. The summed E-state index contributed by atoms with van der Waals surface area (Å²) in [6.45, 7) is 1.04. The van der Waals surface area contributed by atoms with Crippen molar-refractivity contribution in [2.75, 3.05) is 33.4 Å². The first-order valence-electron chi connectivity index (χ1n) is 10.6. The van der Waals surface area contributed by atoms with E-state index < -0.39 is 6.10 Å². The zero-order chi connectivity index (χ0) is 22.6. The van der Waals surface area contributed by atoms with Crippen molar-refractivity contribution in [2.24, 2.45) is 0 Å². The summed E-state index contributed by atoms with van der Waals surface area (Å²) in [5.74, 6) is 1.95. The van der Waals surface area contributed by atoms with Gasteiger partial charge in [-0.2, -0.15) is 4.98 Å². The third-order valence-electron chi connectivity index (χ3n) is 5.43. The lowest BCUT2D eigenvalue weighted by Crippen LogP contribution is -2.44. The molecule has 0 spiro atoms. The number of hydrogen-bond acceptors (Lipinski definition) is 8. The van der Waals surface area contributed by atoms with E-state index in [4.69, 9.17) is 18.7 Å². The monoisotopic (exact) mass is 446 g/mol. The first-order valence-corrected chi connectivity index (χ1v) is 10.6. The van der Waals surface area contributed by atoms with Crippen LogP contribution in [0.25, 0.3) is 22.3 Å². The maximum absolute atomic E-state index is 12.8. The predicted octanol–water partition coefficient (Wildman–Crippen LogP) is 3.27. The minimum atomic E-state index is -0.499. The van der Waals surface area contributed by atoms with Gasteiger partial charge in [0, 0.05) is 23.7 Å². The maximum atomic E-state index is 12.8. The Hall–Kier alpha value is -3.98. The number of aromatic nitrogens is 3. The number of pyridine rings is 1. The van der Waals surface area contributed by atoms with Gasteiger partial charge in [0.25, 0.3) is 11.8 Å². The number of methoxy groups -OCH3 is 1. The topological polar surface area (TPSA) is 99.8 Å². The molecule has 2 aromatic carbocycles. The lowest BCUT2D eigenvalue weighted by molar-refractivity contribution is -0.142. The molecule has 0 aliphatic carbocycles. The van der Waals surface area contributed by atoms with Gasteiger partial charge in [0.1, 0.15) is 17.0 Å². The Bertz CT molecular complexity index is 1250. The van der Waals surface area contributed by atoms with Crippen molar-refractivity contribution in [3.05, 3.63) is 66.7 Å². The van der Waals surface area contributed by atoms with Crippen LogP contribution in [0.15, 0.2) is 65.3 Å². The Morgan fingerprint density at radius 3 is 2.85 bits per heavy atom. The summed E-state index contributed by atoms with van der Waals surface area (Å²) in [6, 6.07) is 16.8. The van der Waals surface area contributed by atoms with E-state index in [-0.39, 0.29) is 12.5 Å². The molecule has 5 rings (SSSR count). The average molecular weight is 446 g/mol. The summed E-state index contributed by atoms with van der Waals surface area (Å²) in [6.07, 6.45) is 1.20. The molecule has 4 aromatic rings. The van der Waals surface area contributed by atoms with Gasteiger partial charge in [0.15, 0.2) is 12.7 Å². The van der Waals surface area contributed by atoms with Crippen LogP contribution in [-0.4, -0.2) is 59.3 Å². The van der Waals surface area contributed by atoms with Gasteiger partial charge in [-0.05, 0) is 36.4 Å². The molecule has 2 aromatic heterocycles. The fourth-order valence-electron chi connectivity index (χ4n) is 3.67. The summed E-state index contributed by atoms with van der Waals surface area (Å²) in [4.78, 5) is 23.3. The van der Waals surface area contributed by atoms with Gasteiger partial charge in [0.2, 0.25) is 5.82 Å². The Labute approximate surface area is 189 Å². The number of nitrogens with zero attached hydrogens (tertiary/aromatic N) is 4. The number of morpholine rings is 1. The predicted molar refractivity (Wildman–Crippen MR) is 119 cm³/mol. The summed E-state index contributed by atoms with van der Waals surface area (Å²) in [5.41, 5.74) is 1.52. The highest BCUT2D eigenvalue weighted by Gasteiger charge is 2.30. The highest BCUT2D eigenvalue weighted by Crippen LogP contribution is 2.26. The number of carbonyl (C=O) groups is 1. The van der Waals surface area contributed by atoms with Crippen LogP contribution >= 0.6 is 0 Å². The molecule has 0 radical (unpaired) electrons. The zero-order valence-electron chi connectivity index (χ0n) is 18.0. The minimum absolute atomic E-state index is 0.0939. The molecule has 168 valence electrons. The van der Waals surface area contributed by atoms with Crippen LogP contribution in [0.1, 0.15) is 12.0 Å². The van der Waals surface area contributed by atoms with Gasteiger partial charge in [-0.25, -0.2) is 0 Å². The number of carbonyl (C=O) groups excluding carboxylic acids is 1. The molecule has 0 bridgehead atoms. The van der Waals surface area contributed by atoms with Gasteiger partial charge in [-0.1, -0.05) is 23.4 Å². The smallest absolute Gasteiger partial charge is 0.260 e. The molecule has 1 amide bonds. The molecule has 1 atom stereocenters. The largest absolute Gasteiger partial charge is 0.497 e. The molecule has 1 saturated heterocycles. The van der Waals surface area contributed by atoms with E-state index >= 15 is 0 Å². The standard InChI is InChI=1S/C24H22N4O5/c1-30-18-9-7-17(8-10-18)23-26-24(33-27-23)20-14-28(12-13-31-20)21(29)15-32-19-6-2-4-16-5-3-11-25-22(16)19/h2-11,20H,12-15H2,1H3. The van der Waals surface area contributed by atoms with Crippen LogP contribution in [0.4, 0.5) is 0 Å². The van der Waals surface area contributed by atoms with Crippen LogP contribution in [0.2, 0.25) is 0 Å². The summed E-state index contributed by atoms with van der Waals surface area (Å²) in [5, 5.41) is 5.01. The molecule has 3 heterocycles. The van der Waals surface area contributed by atoms with Crippen LogP contribution in [-0.2, 0) is 9.53 Å². The van der Waals surface area contributed by atoms with Crippen molar-refractivity contribution in [1.82, 2.24) is 20.0 Å². The second kappa shape index (κ2) is 9.25. The molecule has 0 saturated carbocycles.